The zero-order chi connectivity index (χ0) is 12.2. The van der Waals surface area contributed by atoms with Gasteiger partial charge in [0.1, 0.15) is 17.2 Å². The summed E-state index contributed by atoms with van der Waals surface area (Å²) in [7, 11) is 0. The molecule has 0 spiro atoms. The van der Waals surface area contributed by atoms with E-state index in [2.05, 4.69) is 15.3 Å². The van der Waals surface area contributed by atoms with E-state index in [-0.39, 0.29) is 5.82 Å². The van der Waals surface area contributed by atoms with Gasteiger partial charge >= 0.3 is 12.3 Å². The molecule has 0 aliphatic carbocycles. The lowest BCUT2D eigenvalue weighted by Gasteiger charge is -2.15. The average molecular weight is 255 g/mol. The van der Waals surface area contributed by atoms with Crippen molar-refractivity contribution in [1.82, 2.24) is 9.97 Å². The van der Waals surface area contributed by atoms with Gasteiger partial charge in [0.05, 0.1) is 6.54 Å². The second-order valence-electron chi connectivity index (χ2n) is 2.86. The van der Waals surface area contributed by atoms with Crippen LogP contribution in [0.4, 0.5) is 23.4 Å². The maximum atomic E-state index is 12.6. The Morgan fingerprint density at radius 2 is 2.12 bits per heavy atom. The summed E-state index contributed by atoms with van der Waals surface area (Å²) in [5, 5.41) is 2.71. The predicted octanol–water partition coefficient (Wildman–Crippen LogP) is 2.51. The van der Waals surface area contributed by atoms with E-state index in [4.69, 9.17) is 0 Å². The Kier molecular flexibility index (Phi) is 4.34. The van der Waals surface area contributed by atoms with Gasteiger partial charge in [0.2, 0.25) is 0 Å². The van der Waals surface area contributed by atoms with Crippen LogP contribution >= 0.6 is 11.8 Å². The number of hydrogen-bond donors (Lipinski definition) is 1. The molecule has 90 valence electrons. The Morgan fingerprint density at radius 3 is 2.69 bits per heavy atom. The van der Waals surface area contributed by atoms with Gasteiger partial charge in [-0.25, -0.2) is 18.7 Å². The monoisotopic (exact) mass is 255 g/mol. The summed E-state index contributed by atoms with van der Waals surface area (Å²) in [6, 6.07) is 1.41. The Balaban J connectivity index is 2.60. The third-order valence-corrected chi connectivity index (χ3v) is 2.32. The molecule has 8 heteroatoms. The fourth-order valence-electron chi connectivity index (χ4n) is 0.833. The summed E-state index contributed by atoms with van der Waals surface area (Å²) in [4.78, 5) is 7.45. The van der Waals surface area contributed by atoms with Gasteiger partial charge < -0.3 is 5.32 Å². The van der Waals surface area contributed by atoms with Crippen LogP contribution < -0.4 is 5.32 Å². The SMILES string of the molecule is CSc1cc(NCC(F)(F)C(F)F)ncn1. The van der Waals surface area contributed by atoms with Crippen LogP contribution in [0.25, 0.3) is 0 Å². The molecule has 0 bridgehead atoms. The first-order valence-corrected chi connectivity index (χ1v) is 5.44. The minimum absolute atomic E-state index is 0.0969. The van der Waals surface area contributed by atoms with E-state index in [0.717, 1.165) is 0 Å². The summed E-state index contributed by atoms with van der Waals surface area (Å²) in [6.07, 6.45) is -0.768. The number of aromatic nitrogens is 2. The fourth-order valence-corrected chi connectivity index (χ4v) is 1.22. The van der Waals surface area contributed by atoms with E-state index in [0.29, 0.717) is 5.03 Å². The van der Waals surface area contributed by atoms with Crippen molar-refractivity contribution in [2.75, 3.05) is 18.1 Å². The van der Waals surface area contributed by atoms with E-state index in [1.165, 1.54) is 24.2 Å². The third-order valence-electron chi connectivity index (χ3n) is 1.68. The van der Waals surface area contributed by atoms with Gasteiger partial charge in [-0.15, -0.1) is 11.8 Å². The van der Waals surface area contributed by atoms with Crippen molar-refractivity contribution >= 4 is 17.6 Å². The highest BCUT2D eigenvalue weighted by atomic mass is 32.2. The molecule has 1 heterocycles. The zero-order valence-corrected chi connectivity index (χ0v) is 9.07. The molecule has 0 unspecified atom stereocenters. The van der Waals surface area contributed by atoms with Gasteiger partial charge in [0, 0.05) is 6.07 Å². The third kappa shape index (κ3) is 3.51. The molecule has 1 N–H and O–H groups in total. The Labute approximate surface area is 93.7 Å². The van der Waals surface area contributed by atoms with Crippen LogP contribution in [0.1, 0.15) is 0 Å². The molecule has 3 nitrogen and oxygen atoms in total. The highest BCUT2D eigenvalue weighted by molar-refractivity contribution is 7.98. The van der Waals surface area contributed by atoms with Crippen molar-refractivity contribution in [3.63, 3.8) is 0 Å². The highest BCUT2D eigenvalue weighted by Gasteiger charge is 2.40. The maximum Gasteiger partial charge on any atom is 0.324 e. The zero-order valence-electron chi connectivity index (χ0n) is 8.25. The molecule has 0 saturated carbocycles. The standard InChI is InChI=1S/C8H9F4N3S/c1-16-6-2-5(14-4-15-6)13-3-8(11,12)7(9)10/h2,4,7H,3H2,1H3,(H,13,14,15). The average Bonchev–Trinajstić information content (AvgIpc) is 2.26. The summed E-state index contributed by atoms with van der Waals surface area (Å²) >= 11 is 1.30. The number of nitrogens with zero attached hydrogens (tertiary/aromatic N) is 2. The lowest BCUT2D eigenvalue weighted by atomic mass is 10.3. The number of alkyl halides is 4. The molecule has 1 rings (SSSR count). The molecular formula is C8H9F4N3S. The summed E-state index contributed by atoms with van der Waals surface area (Å²) in [6.45, 7) is -1.16. The van der Waals surface area contributed by atoms with Crippen LogP contribution in [0, 0.1) is 0 Å². The molecule has 0 saturated heterocycles. The van der Waals surface area contributed by atoms with E-state index in [9.17, 15) is 17.6 Å². The number of hydrogen-bond acceptors (Lipinski definition) is 4. The summed E-state index contributed by atoms with van der Waals surface area (Å²) in [5.41, 5.74) is 0. The second kappa shape index (κ2) is 5.33. The van der Waals surface area contributed by atoms with Crippen molar-refractivity contribution in [3.8, 4) is 0 Å². The first-order chi connectivity index (χ1) is 7.45. The Hall–Kier alpha value is -1.05. The van der Waals surface area contributed by atoms with Gasteiger partial charge in [-0.3, -0.25) is 0 Å². The second-order valence-corrected chi connectivity index (χ2v) is 3.69. The molecule has 16 heavy (non-hydrogen) atoms. The minimum Gasteiger partial charge on any atom is -0.364 e. The summed E-state index contributed by atoms with van der Waals surface area (Å²) < 4.78 is 48.8. The first-order valence-electron chi connectivity index (χ1n) is 4.21. The van der Waals surface area contributed by atoms with Gasteiger partial charge in [-0.1, -0.05) is 0 Å². The Bertz CT molecular complexity index is 348. The number of nitrogens with one attached hydrogen (secondary N) is 1. The lowest BCUT2D eigenvalue weighted by molar-refractivity contribution is -0.117. The van der Waals surface area contributed by atoms with Crippen molar-refractivity contribution in [1.29, 1.82) is 0 Å². The molecule has 0 aliphatic heterocycles. The molecule has 0 amide bonds. The number of halogens is 4. The van der Waals surface area contributed by atoms with Gasteiger partial charge in [-0.05, 0) is 6.26 Å². The van der Waals surface area contributed by atoms with Crippen LogP contribution in [-0.2, 0) is 0 Å². The normalized spacial score (nSPS) is 11.9. The maximum absolute atomic E-state index is 12.6. The van der Waals surface area contributed by atoms with Crippen LogP contribution in [0.2, 0.25) is 0 Å². The lowest BCUT2D eigenvalue weighted by Crippen LogP contribution is -2.35. The first kappa shape index (κ1) is 13.0. The van der Waals surface area contributed by atoms with E-state index in [1.807, 2.05) is 0 Å². The molecule has 1 aromatic heterocycles. The molecule has 0 aliphatic rings. The van der Waals surface area contributed by atoms with E-state index in [1.54, 1.807) is 6.26 Å². The quantitative estimate of drug-likeness (QED) is 0.498. The smallest absolute Gasteiger partial charge is 0.324 e. The van der Waals surface area contributed by atoms with Crippen molar-refractivity contribution in [3.05, 3.63) is 12.4 Å². The summed E-state index contributed by atoms with van der Waals surface area (Å²) in [5.74, 6) is -3.97. The van der Waals surface area contributed by atoms with Gasteiger partial charge in [0.25, 0.3) is 0 Å². The predicted molar refractivity (Wildman–Crippen MR) is 53.3 cm³/mol. The van der Waals surface area contributed by atoms with Crippen molar-refractivity contribution < 1.29 is 17.6 Å². The van der Waals surface area contributed by atoms with Crippen LogP contribution in [-0.4, -0.2) is 35.1 Å². The molecule has 1 aromatic rings. The van der Waals surface area contributed by atoms with Crippen LogP contribution in [0.3, 0.4) is 0 Å². The molecule has 0 atom stereocenters. The van der Waals surface area contributed by atoms with Crippen molar-refractivity contribution in [2.24, 2.45) is 0 Å². The number of thioether (sulfide) groups is 1. The minimum atomic E-state index is -4.07. The number of rotatable bonds is 5. The molecule has 0 fully saturated rings. The van der Waals surface area contributed by atoms with Crippen LogP contribution in [0.5, 0.6) is 0 Å². The highest BCUT2D eigenvalue weighted by Crippen LogP contribution is 2.23. The largest absolute Gasteiger partial charge is 0.364 e. The fraction of sp³-hybridized carbons (Fsp3) is 0.500. The number of anilines is 1. The van der Waals surface area contributed by atoms with E-state index < -0.39 is 18.9 Å². The van der Waals surface area contributed by atoms with Gasteiger partial charge in [-0.2, -0.15) is 8.78 Å². The topological polar surface area (TPSA) is 37.8 Å². The van der Waals surface area contributed by atoms with Crippen LogP contribution in [0.15, 0.2) is 17.4 Å². The van der Waals surface area contributed by atoms with Gasteiger partial charge in [0.15, 0.2) is 0 Å². The Morgan fingerprint density at radius 1 is 1.44 bits per heavy atom. The molecule has 0 aromatic carbocycles. The molecular weight excluding hydrogens is 246 g/mol. The van der Waals surface area contributed by atoms with Crippen molar-refractivity contribution in [2.45, 2.75) is 17.4 Å². The van der Waals surface area contributed by atoms with E-state index >= 15 is 0 Å². The molecule has 0 radical (unpaired) electrons.